The van der Waals surface area contributed by atoms with Gasteiger partial charge in [-0.25, -0.2) is 4.39 Å². The van der Waals surface area contributed by atoms with E-state index in [0.717, 1.165) is 0 Å². The fourth-order valence-electron chi connectivity index (χ4n) is 1.66. The quantitative estimate of drug-likeness (QED) is 0.576. The normalized spacial score (nSPS) is 10.2. The first-order chi connectivity index (χ1) is 10.0. The first kappa shape index (κ1) is 15.2. The molecule has 0 aromatic heterocycles. The summed E-state index contributed by atoms with van der Waals surface area (Å²) in [7, 11) is 0. The third-order valence-electron chi connectivity index (χ3n) is 2.55. The molecule has 5 nitrogen and oxygen atoms in total. The van der Waals surface area contributed by atoms with Gasteiger partial charge in [0.15, 0.2) is 11.6 Å². The number of nitro groups is 1. The van der Waals surface area contributed by atoms with Crippen LogP contribution in [0.3, 0.4) is 0 Å². The summed E-state index contributed by atoms with van der Waals surface area (Å²) in [5.74, 6) is -0.188. The number of nitrogens with zero attached hydrogens (tertiary/aromatic N) is 1. The molecule has 2 rings (SSSR count). The van der Waals surface area contributed by atoms with Crippen LogP contribution >= 0.6 is 15.9 Å². The Morgan fingerprint density at radius 1 is 1.24 bits per heavy atom. The molecule has 0 spiro atoms. The van der Waals surface area contributed by atoms with Crippen molar-refractivity contribution in [1.82, 2.24) is 0 Å². The third-order valence-corrected chi connectivity index (χ3v) is 3.04. The summed E-state index contributed by atoms with van der Waals surface area (Å²) in [5.41, 5.74) is -0.168. The van der Waals surface area contributed by atoms with Crippen LogP contribution in [0, 0.1) is 15.9 Å². The van der Waals surface area contributed by atoms with E-state index < -0.39 is 10.7 Å². The van der Waals surface area contributed by atoms with Crippen molar-refractivity contribution in [1.29, 1.82) is 0 Å². The molecule has 0 aliphatic heterocycles. The predicted octanol–water partition coefficient (Wildman–Crippen LogP) is 4.69. The van der Waals surface area contributed by atoms with Gasteiger partial charge in [0.1, 0.15) is 5.75 Å². The Kier molecular flexibility index (Phi) is 4.74. The van der Waals surface area contributed by atoms with Crippen molar-refractivity contribution in [2.45, 2.75) is 6.92 Å². The van der Waals surface area contributed by atoms with Gasteiger partial charge in [-0.3, -0.25) is 10.1 Å². The standard InChI is InChI=1S/C14H11BrFNO4/c1-2-20-14-8-10(4-6-12(14)17(18)19)21-13-7-9(15)3-5-11(13)16/h3-8H,2H2,1H3. The summed E-state index contributed by atoms with van der Waals surface area (Å²) in [4.78, 5) is 10.3. The monoisotopic (exact) mass is 355 g/mol. The van der Waals surface area contributed by atoms with Crippen LogP contribution < -0.4 is 9.47 Å². The SMILES string of the molecule is CCOc1cc(Oc2cc(Br)ccc2F)ccc1[N+](=O)[O-]. The fourth-order valence-corrected chi connectivity index (χ4v) is 2.00. The first-order valence-corrected chi connectivity index (χ1v) is 6.84. The summed E-state index contributed by atoms with van der Waals surface area (Å²) in [5, 5.41) is 10.9. The summed E-state index contributed by atoms with van der Waals surface area (Å²) in [6, 6.07) is 8.29. The Labute approximate surface area is 128 Å². The van der Waals surface area contributed by atoms with E-state index in [1.165, 1.54) is 30.3 Å². The average Bonchev–Trinajstić information content (AvgIpc) is 2.43. The highest BCUT2D eigenvalue weighted by atomic mass is 79.9. The smallest absolute Gasteiger partial charge is 0.311 e. The molecule has 0 heterocycles. The Morgan fingerprint density at radius 2 is 2.00 bits per heavy atom. The van der Waals surface area contributed by atoms with E-state index >= 15 is 0 Å². The molecule has 0 aliphatic rings. The maximum atomic E-state index is 13.6. The molecule has 7 heteroatoms. The molecule has 0 unspecified atom stereocenters. The second kappa shape index (κ2) is 6.53. The molecule has 0 atom stereocenters. The van der Waals surface area contributed by atoms with Crippen LogP contribution in [0.25, 0.3) is 0 Å². The Bertz CT molecular complexity index is 678. The predicted molar refractivity (Wildman–Crippen MR) is 78.4 cm³/mol. The van der Waals surface area contributed by atoms with Gasteiger partial charge in [0.2, 0.25) is 5.75 Å². The molecule has 0 bridgehead atoms. The summed E-state index contributed by atoms with van der Waals surface area (Å²) in [6.07, 6.45) is 0. The maximum absolute atomic E-state index is 13.6. The molecular weight excluding hydrogens is 345 g/mol. The van der Waals surface area contributed by atoms with Gasteiger partial charge < -0.3 is 9.47 Å². The molecule has 2 aromatic carbocycles. The van der Waals surface area contributed by atoms with Gasteiger partial charge in [-0.15, -0.1) is 0 Å². The van der Waals surface area contributed by atoms with Gasteiger partial charge >= 0.3 is 5.69 Å². The Balaban J connectivity index is 2.34. The number of rotatable bonds is 5. The highest BCUT2D eigenvalue weighted by molar-refractivity contribution is 9.10. The lowest BCUT2D eigenvalue weighted by Gasteiger charge is -2.09. The summed E-state index contributed by atoms with van der Waals surface area (Å²) in [6.45, 7) is 1.99. The van der Waals surface area contributed by atoms with E-state index in [1.807, 2.05) is 0 Å². The second-order valence-corrected chi connectivity index (χ2v) is 4.91. The highest BCUT2D eigenvalue weighted by Gasteiger charge is 2.16. The number of halogens is 2. The molecule has 110 valence electrons. The second-order valence-electron chi connectivity index (χ2n) is 4.00. The van der Waals surface area contributed by atoms with Crippen LogP contribution in [0.5, 0.6) is 17.2 Å². The largest absolute Gasteiger partial charge is 0.487 e. The van der Waals surface area contributed by atoms with Gasteiger partial charge in [-0.2, -0.15) is 0 Å². The number of hydrogen-bond donors (Lipinski definition) is 0. The first-order valence-electron chi connectivity index (χ1n) is 6.05. The van der Waals surface area contributed by atoms with Gasteiger partial charge in [-0.1, -0.05) is 15.9 Å². The fraction of sp³-hybridized carbons (Fsp3) is 0.143. The van der Waals surface area contributed by atoms with Crippen LogP contribution in [0.15, 0.2) is 40.9 Å². The number of ether oxygens (including phenoxy) is 2. The van der Waals surface area contributed by atoms with Crippen LogP contribution in [-0.2, 0) is 0 Å². The third kappa shape index (κ3) is 3.69. The molecular formula is C14H11BrFNO4. The molecule has 0 amide bonds. The van der Waals surface area contributed by atoms with Crippen molar-refractivity contribution in [2.24, 2.45) is 0 Å². The van der Waals surface area contributed by atoms with E-state index in [1.54, 1.807) is 13.0 Å². The van der Waals surface area contributed by atoms with Crippen molar-refractivity contribution in [3.8, 4) is 17.2 Å². The van der Waals surface area contributed by atoms with E-state index in [9.17, 15) is 14.5 Å². The minimum absolute atomic E-state index is 0.0145. The topological polar surface area (TPSA) is 61.6 Å². The lowest BCUT2D eigenvalue weighted by Crippen LogP contribution is -1.98. The lowest BCUT2D eigenvalue weighted by atomic mass is 10.2. The van der Waals surface area contributed by atoms with Gasteiger partial charge in [-0.05, 0) is 31.2 Å². The van der Waals surface area contributed by atoms with E-state index in [4.69, 9.17) is 9.47 Å². The number of benzene rings is 2. The van der Waals surface area contributed by atoms with Gasteiger partial charge in [0, 0.05) is 16.6 Å². The van der Waals surface area contributed by atoms with Crippen LogP contribution in [-0.4, -0.2) is 11.5 Å². The van der Waals surface area contributed by atoms with E-state index in [-0.39, 0.29) is 29.5 Å². The van der Waals surface area contributed by atoms with Crippen LogP contribution in [0.2, 0.25) is 0 Å². The Morgan fingerprint density at radius 3 is 2.67 bits per heavy atom. The summed E-state index contributed by atoms with van der Waals surface area (Å²) < 4.78 is 24.9. The maximum Gasteiger partial charge on any atom is 0.311 e. The van der Waals surface area contributed by atoms with Gasteiger partial charge in [0.25, 0.3) is 0 Å². The lowest BCUT2D eigenvalue weighted by molar-refractivity contribution is -0.385. The zero-order valence-corrected chi connectivity index (χ0v) is 12.6. The average molecular weight is 356 g/mol. The molecule has 2 aromatic rings. The Hall–Kier alpha value is -2.15. The van der Waals surface area contributed by atoms with Gasteiger partial charge in [0.05, 0.1) is 11.5 Å². The van der Waals surface area contributed by atoms with Crippen molar-refractivity contribution in [3.05, 3.63) is 56.8 Å². The molecule has 0 radical (unpaired) electrons. The molecule has 0 aliphatic carbocycles. The number of nitro benzene ring substituents is 1. The minimum Gasteiger partial charge on any atom is -0.487 e. The van der Waals surface area contributed by atoms with Crippen molar-refractivity contribution >= 4 is 21.6 Å². The highest BCUT2D eigenvalue weighted by Crippen LogP contribution is 2.34. The van der Waals surface area contributed by atoms with E-state index in [2.05, 4.69) is 15.9 Å². The van der Waals surface area contributed by atoms with Crippen LogP contribution in [0.1, 0.15) is 6.92 Å². The zero-order chi connectivity index (χ0) is 15.4. The molecule has 0 fully saturated rings. The van der Waals surface area contributed by atoms with E-state index in [0.29, 0.717) is 4.47 Å². The molecule has 0 saturated carbocycles. The molecule has 21 heavy (non-hydrogen) atoms. The molecule has 0 saturated heterocycles. The minimum atomic E-state index is -0.547. The van der Waals surface area contributed by atoms with Crippen molar-refractivity contribution in [3.63, 3.8) is 0 Å². The number of hydrogen-bond acceptors (Lipinski definition) is 4. The van der Waals surface area contributed by atoms with Crippen molar-refractivity contribution in [2.75, 3.05) is 6.61 Å². The van der Waals surface area contributed by atoms with Crippen LogP contribution in [0.4, 0.5) is 10.1 Å². The van der Waals surface area contributed by atoms with Crippen molar-refractivity contribution < 1.29 is 18.8 Å². The molecule has 0 N–H and O–H groups in total. The zero-order valence-electron chi connectivity index (χ0n) is 11.0. The summed E-state index contributed by atoms with van der Waals surface area (Å²) >= 11 is 3.22.